The van der Waals surface area contributed by atoms with E-state index in [1.54, 1.807) is 85.1 Å². The molecule has 5 heterocycles. The van der Waals surface area contributed by atoms with E-state index in [2.05, 4.69) is 15.1 Å². The van der Waals surface area contributed by atoms with Crippen molar-refractivity contribution in [1.82, 2.24) is 26.9 Å². The predicted molar refractivity (Wildman–Crippen MR) is 531 cm³/mol. The Kier molecular flexibility index (Phi) is 52.2. The summed E-state index contributed by atoms with van der Waals surface area (Å²) in [6.07, 6.45) is 17.9. The van der Waals surface area contributed by atoms with E-state index in [0.29, 0.717) is 133 Å². The number of aromatic amines is 1. The van der Waals surface area contributed by atoms with Crippen LogP contribution >= 0.6 is 29.9 Å². The molecule has 2 saturated heterocycles. The average Bonchev–Trinajstić information content (AvgIpc) is 1.72. The fraction of sp³-hybridized carbons (Fsp3) is 0.347. The van der Waals surface area contributed by atoms with Crippen molar-refractivity contribution < 1.29 is 141 Å². The van der Waals surface area contributed by atoms with Gasteiger partial charge in [-0.2, -0.15) is 13.9 Å². The van der Waals surface area contributed by atoms with Crippen LogP contribution in [0, 0.1) is 41.4 Å². The Labute approximate surface area is 842 Å². The Hall–Kier alpha value is -12.3. The Bertz CT molecular complexity index is 6490. The van der Waals surface area contributed by atoms with E-state index in [9.17, 15) is 74.6 Å². The minimum Gasteiger partial charge on any atom is -0.493 e. The van der Waals surface area contributed by atoms with Crippen LogP contribution in [-0.2, 0) is 95.0 Å². The second kappa shape index (κ2) is 61.6. The maximum absolute atomic E-state index is 13.0. The number of halogens is 4. The number of nitrogens with zero attached hydrogens (tertiary/aromatic N) is 6. The van der Waals surface area contributed by atoms with Crippen LogP contribution in [-0.4, -0.2) is 230 Å². The molecule has 2 aliphatic rings. The summed E-state index contributed by atoms with van der Waals surface area (Å²) in [5, 5.41) is 10.8. The van der Waals surface area contributed by atoms with Gasteiger partial charge in [-0.05, 0) is 208 Å². The number of sulfonamides is 2. The van der Waals surface area contributed by atoms with Gasteiger partial charge in [-0.25, -0.2) is 65.4 Å². The summed E-state index contributed by atoms with van der Waals surface area (Å²) >= 11 is 5.05. The maximum atomic E-state index is 13.0. The summed E-state index contributed by atoms with van der Waals surface area (Å²) in [6, 6.07) is 40.5. The van der Waals surface area contributed by atoms with E-state index in [-0.39, 0.29) is 86.2 Å². The highest BCUT2D eigenvalue weighted by Crippen LogP contribution is 2.48. The molecule has 0 spiro atoms. The van der Waals surface area contributed by atoms with Crippen molar-refractivity contribution in [2.75, 3.05) is 143 Å². The van der Waals surface area contributed by atoms with Crippen molar-refractivity contribution in [3.63, 3.8) is 0 Å². The van der Waals surface area contributed by atoms with Crippen LogP contribution in [0.1, 0.15) is 89.8 Å². The van der Waals surface area contributed by atoms with Gasteiger partial charge < -0.3 is 86.8 Å². The number of nitrogens with two attached hydrogens (primary N) is 1. The molecule has 0 aliphatic carbocycles. The summed E-state index contributed by atoms with van der Waals surface area (Å²) in [5.41, 5.74) is 8.72. The number of methoxy groups -OCH3 is 10. The molecular formula is C95H116Cl2F2N9O29PS5. The number of ether oxygens (including phenoxy) is 12. The highest BCUT2D eigenvalue weighted by atomic mass is 35.7. The molecule has 2 unspecified atom stereocenters. The number of nitriles is 1. The number of aldehydes is 2. The number of rotatable bonds is 42. The van der Waals surface area contributed by atoms with E-state index >= 15 is 0 Å². The van der Waals surface area contributed by atoms with Gasteiger partial charge in [0.25, 0.3) is 29.1 Å². The summed E-state index contributed by atoms with van der Waals surface area (Å²) in [4.78, 5) is 48.9. The Morgan fingerprint density at radius 2 is 0.881 bits per heavy atom. The second-order valence-electron chi connectivity index (χ2n) is 29.7. The number of benzene rings is 7. The fourth-order valence-electron chi connectivity index (χ4n) is 13.1. The third-order valence-corrected chi connectivity index (χ3v) is 30.5. The number of hydrogen-bond donors (Lipinski definition) is 3. The van der Waals surface area contributed by atoms with Crippen molar-refractivity contribution in [3.05, 3.63) is 252 Å². The monoisotopic (exact) mass is 2150 g/mol. The molecule has 143 heavy (non-hydrogen) atoms. The molecule has 0 saturated carbocycles. The molecule has 1 amide bonds. The quantitative estimate of drug-likeness (QED) is 0.00798. The molecule has 778 valence electrons. The van der Waals surface area contributed by atoms with Crippen LogP contribution in [0.3, 0.4) is 0 Å². The van der Waals surface area contributed by atoms with E-state index in [1.807, 2.05) is 6.07 Å². The minimum atomic E-state index is -3.76. The van der Waals surface area contributed by atoms with Crippen molar-refractivity contribution >= 4 is 109 Å². The molecule has 4 N–H and O–H groups in total. The third kappa shape index (κ3) is 39.1. The van der Waals surface area contributed by atoms with Gasteiger partial charge >= 0.3 is 13.9 Å². The van der Waals surface area contributed by atoms with Crippen LogP contribution in [0.2, 0.25) is 0 Å². The zero-order valence-corrected chi connectivity index (χ0v) is 87.0. The summed E-state index contributed by atoms with van der Waals surface area (Å²) in [7, 11) is -1.57. The number of nitrogens with one attached hydrogen (secondary N) is 2. The fourth-order valence-corrected chi connectivity index (χ4v) is 20.6. The van der Waals surface area contributed by atoms with Gasteiger partial charge in [0.05, 0.1) is 128 Å². The predicted octanol–water partition coefficient (Wildman–Crippen LogP) is 14.9. The molecule has 7 aromatic carbocycles. The van der Waals surface area contributed by atoms with Crippen LogP contribution in [0.25, 0.3) is 10.9 Å². The lowest BCUT2D eigenvalue weighted by molar-refractivity contribution is -0.126. The molecule has 48 heteroatoms. The zero-order chi connectivity index (χ0) is 106. The Balaban J connectivity index is 0.000000298. The molecule has 12 rings (SSSR count). The van der Waals surface area contributed by atoms with Crippen molar-refractivity contribution in [2.24, 2.45) is 17.6 Å². The molecule has 0 radical (unpaired) electrons. The summed E-state index contributed by atoms with van der Waals surface area (Å²) in [5.74, 6) is 3.92. The standard InChI is InChI=1S/C24H31FN2O6S.C15H24N2O4S.C15H14N2O4S.C13H13NO5S.C9H8ClFO2.C8H9ClO4S.C6H12NO3P.C5H5NO/c1-31-22-10-9-21(14-23(22)32-2)34(29,30)27-13-11-18(15-27)4-3-12-26-24(28)17-33-16-19-5-7-20(25)8-6-19;2*1-20-14-6-5-13(10-15(14)21-2)22(18,19)17-9-7-12(11-17)4-3-8-16;1-18-12-4-3-11(7-13(12)19-2)20(16,17)14-6-5-10(8-14)9-15;10-9(12)6-13-5-7-1-3-8(11)4-2-7;1-12-7-4-3-6(14(9,10)11)5-8(7)13-2;1-4-9-11(8,6-7-3)10-5-2;7-4-5-1-2-6-3-5/h5-10,14,18H,3-4,11-13,15-17H2,1-2H3,(H,26,28);5-6,10,12H,3-4,7-9,11,16H2,1-2H3;3-7,9-11H,1-2H3;3-9H,1-2H3;1-4H,5-6H2;3-5H,1-2H3;4-6H2,1-2H3;1-4,6H. The second-order valence-corrected chi connectivity index (χ2v) is 42.3. The Morgan fingerprint density at radius 1 is 0.517 bits per heavy atom. The lowest BCUT2D eigenvalue weighted by Crippen LogP contribution is -2.30. The molecule has 10 aromatic rings. The van der Waals surface area contributed by atoms with Gasteiger partial charge in [0.1, 0.15) is 24.8 Å². The minimum absolute atomic E-state index is 0.0168. The van der Waals surface area contributed by atoms with Gasteiger partial charge in [-0.15, -0.1) is 0 Å². The largest absolute Gasteiger partial charge is 0.493 e. The smallest absolute Gasteiger partial charge is 0.409 e. The first-order valence-electron chi connectivity index (χ1n) is 43.2. The van der Waals surface area contributed by atoms with Crippen LogP contribution in [0.4, 0.5) is 8.78 Å². The topological polar surface area (TPSA) is 484 Å². The van der Waals surface area contributed by atoms with E-state index in [0.717, 1.165) is 63.9 Å². The number of H-pyrrole nitrogens is 1. The number of carbonyl (C=O) groups excluding carboxylic acids is 4. The van der Waals surface area contributed by atoms with Crippen LogP contribution in [0.5, 0.6) is 57.5 Å². The normalized spacial score (nSPS) is 13.4. The number of allylic oxidation sites excluding steroid dienone is 1. The molecular weight excluding hydrogens is 2030 g/mol. The lowest BCUT2D eigenvalue weighted by atomic mass is 10.0. The Morgan fingerprint density at radius 3 is 1.21 bits per heavy atom. The first kappa shape index (κ1) is 121. The van der Waals surface area contributed by atoms with E-state index < -0.39 is 62.0 Å². The first-order valence-corrected chi connectivity index (χ1v) is 53.4. The van der Waals surface area contributed by atoms with E-state index in [1.165, 1.54) is 215 Å². The van der Waals surface area contributed by atoms with E-state index in [4.69, 9.17) is 106 Å². The van der Waals surface area contributed by atoms with Crippen molar-refractivity contribution in [1.29, 1.82) is 5.26 Å². The molecule has 0 bridgehead atoms. The van der Waals surface area contributed by atoms with Crippen LogP contribution < -0.4 is 58.4 Å². The lowest BCUT2D eigenvalue weighted by Gasteiger charge is -2.18. The SMILES string of the molecule is COc1ccc(S(=O)(=O)Cl)cc1OC.COc1ccc(S(=O)(=O)N2CCC(CCCN)C2)cc1OC.COc1ccc(S(=O)(=O)N2CCC(CCCNC(=O)COCc3ccc(F)cc3)C2)cc1OC.COc1ccc(S(=O)(=O)n2ccc(C=CC#N)c2)cc1OC.COc1ccc(S(=O)(=O)n2ccc(C=O)c2)cc1OC.O=C(Cl)COCc1ccc(F)cc1.O=Cc1cc[nH]c1.[C-]#[N+]CP(=O)(OCC)OCC. The molecule has 2 atom stereocenters. The molecule has 38 nitrogen and oxygen atoms in total. The maximum Gasteiger partial charge on any atom is 0.409 e. The summed E-state index contributed by atoms with van der Waals surface area (Å²) in [6.45, 7) is 14.1. The van der Waals surface area contributed by atoms with Gasteiger partial charge in [-0.1, -0.05) is 24.3 Å². The summed E-state index contributed by atoms with van der Waals surface area (Å²) < 4.78 is 236. The number of amides is 1. The third-order valence-electron chi connectivity index (χ3n) is 20.2. The van der Waals surface area contributed by atoms with Gasteiger partial charge in [0.2, 0.25) is 31.2 Å². The first-order chi connectivity index (χ1) is 68.2. The van der Waals surface area contributed by atoms with Crippen molar-refractivity contribution in [2.45, 2.75) is 90.1 Å². The zero-order valence-electron chi connectivity index (χ0n) is 80.5. The number of aromatic nitrogens is 3. The highest BCUT2D eigenvalue weighted by molar-refractivity contribution is 8.13. The van der Waals surface area contributed by atoms with Gasteiger partial charge in [0.15, 0.2) is 70.1 Å². The van der Waals surface area contributed by atoms with Gasteiger partial charge in [-0.3, -0.25) is 23.7 Å². The average molecular weight is 2150 g/mol. The molecule has 2 fully saturated rings. The number of hydrogen-bond acceptors (Lipinski definition) is 31. The van der Waals surface area contributed by atoms with Crippen molar-refractivity contribution in [3.8, 4) is 63.6 Å². The highest BCUT2D eigenvalue weighted by Gasteiger charge is 2.35. The van der Waals surface area contributed by atoms with Gasteiger partial charge in [0, 0.05) is 128 Å². The molecule has 3 aromatic heterocycles. The number of carbonyl (C=O) groups is 4. The van der Waals surface area contributed by atoms with Crippen LogP contribution in [0.15, 0.2) is 225 Å². The molecule has 2 aliphatic heterocycles.